The van der Waals surface area contributed by atoms with E-state index in [-0.39, 0.29) is 13.2 Å². The Kier molecular flexibility index (Phi) is 7.89. The Morgan fingerprint density at radius 1 is 1.35 bits per heavy atom. The highest BCUT2D eigenvalue weighted by Gasteiger charge is 2.22. The van der Waals surface area contributed by atoms with Crippen molar-refractivity contribution in [2.24, 2.45) is 5.10 Å². The fraction of sp³-hybridized carbons (Fsp3) is 0.312. The van der Waals surface area contributed by atoms with Crippen molar-refractivity contribution in [3.63, 3.8) is 0 Å². The normalized spacial score (nSPS) is 12.0. The van der Waals surface area contributed by atoms with Gasteiger partial charge in [0.05, 0.1) is 18.9 Å². The molecule has 1 rings (SSSR count). The molecule has 0 aromatic heterocycles. The second-order valence-electron chi connectivity index (χ2n) is 4.46. The number of nitrogens with one attached hydrogen (secondary N) is 3. The quantitative estimate of drug-likeness (QED) is 0.306. The molecular formula is C16H20N4O3. The fourth-order valence-corrected chi connectivity index (χ4v) is 1.67. The summed E-state index contributed by atoms with van der Waals surface area (Å²) in [6.45, 7) is 3.71. The number of hydrogen-bond acceptors (Lipinski definition) is 5. The minimum Gasteiger partial charge on any atom is -0.465 e. The monoisotopic (exact) mass is 316 g/mol. The molecule has 0 aliphatic heterocycles. The third kappa shape index (κ3) is 6.63. The van der Waals surface area contributed by atoms with Crippen molar-refractivity contribution in [3.05, 3.63) is 30.3 Å². The van der Waals surface area contributed by atoms with E-state index in [1.165, 1.54) is 0 Å². The average molecular weight is 316 g/mol. The van der Waals surface area contributed by atoms with Crippen LogP contribution in [0, 0.1) is 12.3 Å². The van der Waals surface area contributed by atoms with E-state index in [2.05, 4.69) is 27.1 Å². The Morgan fingerprint density at radius 2 is 2.04 bits per heavy atom. The Bertz CT molecular complexity index is 593. The number of rotatable bonds is 7. The van der Waals surface area contributed by atoms with Crippen LogP contribution < -0.4 is 16.1 Å². The standard InChI is InChI=1S/C16H20N4O3/c1-4-11-17-14(15(21)23-5-2)12(3)19-20-16(22)18-13-9-7-6-8-10-13/h1,6-10,14,17H,5,11H2,2-3H3,(H2,18,20,22)/b19-12+. The van der Waals surface area contributed by atoms with E-state index >= 15 is 0 Å². The number of esters is 1. The minimum absolute atomic E-state index is 0.173. The molecule has 7 heteroatoms. The van der Waals surface area contributed by atoms with Gasteiger partial charge in [-0.05, 0) is 26.0 Å². The van der Waals surface area contributed by atoms with Gasteiger partial charge in [0.1, 0.15) is 6.04 Å². The summed E-state index contributed by atoms with van der Waals surface area (Å²) >= 11 is 0. The highest BCUT2D eigenvalue weighted by Crippen LogP contribution is 2.04. The second-order valence-corrected chi connectivity index (χ2v) is 4.46. The summed E-state index contributed by atoms with van der Waals surface area (Å²) in [4.78, 5) is 23.6. The first-order valence-electron chi connectivity index (χ1n) is 7.08. The van der Waals surface area contributed by atoms with E-state index in [1.807, 2.05) is 6.07 Å². The molecule has 0 radical (unpaired) electrons. The van der Waals surface area contributed by atoms with Crippen LogP contribution in [0.4, 0.5) is 10.5 Å². The van der Waals surface area contributed by atoms with E-state index in [1.54, 1.807) is 38.1 Å². The molecule has 7 nitrogen and oxygen atoms in total. The number of benzene rings is 1. The maximum absolute atomic E-state index is 11.9. The topological polar surface area (TPSA) is 91.8 Å². The molecule has 1 aromatic rings. The number of anilines is 1. The number of para-hydroxylation sites is 1. The van der Waals surface area contributed by atoms with Gasteiger partial charge in [0.15, 0.2) is 0 Å². The number of hydrogen-bond donors (Lipinski definition) is 3. The fourth-order valence-electron chi connectivity index (χ4n) is 1.67. The van der Waals surface area contributed by atoms with Crippen LogP contribution >= 0.6 is 0 Å². The zero-order valence-corrected chi connectivity index (χ0v) is 13.1. The molecular weight excluding hydrogens is 296 g/mol. The van der Waals surface area contributed by atoms with E-state index in [0.717, 1.165) is 0 Å². The van der Waals surface area contributed by atoms with E-state index in [9.17, 15) is 9.59 Å². The summed E-state index contributed by atoms with van der Waals surface area (Å²) in [5, 5.41) is 9.32. The molecule has 3 N–H and O–H groups in total. The van der Waals surface area contributed by atoms with E-state index in [4.69, 9.17) is 11.2 Å². The molecule has 0 bridgehead atoms. The summed E-state index contributed by atoms with van der Waals surface area (Å²) in [6.07, 6.45) is 5.17. The van der Waals surface area contributed by atoms with Crippen molar-refractivity contribution in [1.82, 2.24) is 10.7 Å². The van der Waals surface area contributed by atoms with E-state index in [0.29, 0.717) is 11.4 Å². The molecule has 0 spiro atoms. The average Bonchev–Trinajstić information content (AvgIpc) is 2.54. The molecule has 2 amide bonds. The maximum atomic E-state index is 11.9. The number of amides is 2. The van der Waals surface area contributed by atoms with Crippen LogP contribution in [-0.4, -0.2) is 36.9 Å². The predicted octanol–water partition coefficient (Wildman–Crippen LogP) is 1.34. The van der Waals surface area contributed by atoms with Crippen LogP contribution in [0.2, 0.25) is 0 Å². The Morgan fingerprint density at radius 3 is 2.65 bits per heavy atom. The largest absolute Gasteiger partial charge is 0.465 e. The van der Waals surface area contributed by atoms with Crippen molar-refractivity contribution in [2.45, 2.75) is 19.9 Å². The molecule has 1 unspecified atom stereocenters. The molecule has 0 saturated carbocycles. The Labute approximate surface area is 135 Å². The summed E-state index contributed by atoms with van der Waals surface area (Å²) in [5.41, 5.74) is 3.29. The summed E-state index contributed by atoms with van der Waals surface area (Å²) in [5.74, 6) is 1.87. The SMILES string of the molecule is C#CCNC(C(=O)OCC)/C(C)=N/NC(=O)Nc1ccccc1. The molecule has 0 aliphatic rings. The highest BCUT2D eigenvalue weighted by molar-refractivity contribution is 6.05. The molecule has 122 valence electrons. The van der Waals surface area contributed by atoms with Gasteiger partial charge in [0, 0.05) is 5.69 Å². The third-order valence-corrected chi connectivity index (χ3v) is 2.71. The highest BCUT2D eigenvalue weighted by atomic mass is 16.5. The number of nitrogens with zero attached hydrogens (tertiary/aromatic N) is 1. The summed E-state index contributed by atoms with van der Waals surface area (Å²) in [6, 6.07) is 7.58. The number of hydrazone groups is 1. The van der Waals surface area contributed by atoms with Crippen LogP contribution in [0.1, 0.15) is 13.8 Å². The summed E-state index contributed by atoms with van der Waals surface area (Å²) in [7, 11) is 0. The van der Waals surface area contributed by atoms with Crippen molar-refractivity contribution >= 4 is 23.4 Å². The molecule has 1 aromatic carbocycles. The number of carbonyl (C=O) groups excluding carboxylic acids is 2. The second kappa shape index (κ2) is 9.97. The molecule has 23 heavy (non-hydrogen) atoms. The van der Waals surface area contributed by atoms with Gasteiger partial charge in [0.25, 0.3) is 0 Å². The van der Waals surface area contributed by atoms with Crippen LogP contribution in [0.5, 0.6) is 0 Å². The first-order chi connectivity index (χ1) is 11.1. The van der Waals surface area contributed by atoms with Gasteiger partial charge in [-0.25, -0.2) is 15.0 Å². The molecule has 0 aliphatic carbocycles. The molecule has 0 saturated heterocycles. The Hall–Kier alpha value is -2.85. The van der Waals surface area contributed by atoms with Gasteiger partial charge in [-0.3, -0.25) is 5.32 Å². The smallest absolute Gasteiger partial charge is 0.339 e. The van der Waals surface area contributed by atoms with Gasteiger partial charge in [-0.2, -0.15) is 5.10 Å². The van der Waals surface area contributed by atoms with Crippen LogP contribution in [0.25, 0.3) is 0 Å². The van der Waals surface area contributed by atoms with Gasteiger partial charge in [-0.15, -0.1) is 6.42 Å². The third-order valence-electron chi connectivity index (χ3n) is 2.71. The van der Waals surface area contributed by atoms with Crippen LogP contribution in [0.3, 0.4) is 0 Å². The Balaban J connectivity index is 2.65. The lowest BCUT2D eigenvalue weighted by molar-refractivity contribution is -0.143. The zero-order chi connectivity index (χ0) is 17.1. The number of carbonyl (C=O) groups is 2. The number of urea groups is 1. The number of ether oxygens (including phenoxy) is 1. The molecule has 0 heterocycles. The van der Waals surface area contributed by atoms with Crippen molar-refractivity contribution in [2.75, 3.05) is 18.5 Å². The van der Waals surface area contributed by atoms with Crippen LogP contribution in [0.15, 0.2) is 35.4 Å². The van der Waals surface area contributed by atoms with Crippen molar-refractivity contribution in [3.8, 4) is 12.3 Å². The van der Waals surface area contributed by atoms with Crippen LogP contribution in [-0.2, 0) is 9.53 Å². The zero-order valence-electron chi connectivity index (χ0n) is 13.1. The lowest BCUT2D eigenvalue weighted by atomic mass is 10.2. The van der Waals surface area contributed by atoms with Crippen molar-refractivity contribution < 1.29 is 14.3 Å². The number of terminal acetylenes is 1. The van der Waals surface area contributed by atoms with E-state index < -0.39 is 18.0 Å². The molecule has 1 atom stereocenters. The lowest BCUT2D eigenvalue weighted by Gasteiger charge is -2.15. The summed E-state index contributed by atoms with van der Waals surface area (Å²) < 4.78 is 4.95. The maximum Gasteiger partial charge on any atom is 0.339 e. The predicted molar refractivity (Wildman–Crippen MR) is 89.0 cm³/mol. The first kappa shape index (κ1) is 18.2. The van der Waals surface area contributed by atoms with Gasteiger partial charge >= 0.3 is 12.0 Å². The van der Waals surface area contributed by atoms with Gasteiger partial charge in [-0.1, -0.05) is 24.1 Å². The molecule has 0 fully saturated rings. The van der Waals surface area contributed by atoms with Crippen molar-refractivity contribution in [1.29, 1.82) is 0 Å². The minimum atomic E-state index is -0.817. The lowest BCUT2D eigenvalue weighted by Crippen LogP contribution is -2.44. The van der Waals surface area contributed by atoms with Gasteiger partial charge < -0.3 is 10.1 Å². The van der Waals surface area contributed by atoms with Gasteiger partial charge in [0.2, 0.25) is 0 Å². The first-order valence-corrected chi connectivity index (χ1v) is 7.08.